The highest BCUT2D eigenvalue weighted by Gasteiger charge is 2.22. The quantitative estimate of drug-likeness (QED) is 0.323. The Kier molecular flexibility index (Phi) is 10.3. The average Bonchev–Trinajstić information content (AvgIpc) is 2.50. The first-order valence-electron chi connectivity index (χ1n) is 8.58. The molecule has 2 rings (SSSR count). The first-order valence-corrected chi connectivity index (χ1v) is 11.3. The van der Waals surface area contributed by atoms with E-state index in [9.17, 15) is 8.42 Å². The number of nitrogens with zero attached hydrogens (tertiary/aromatic N) is 2. The van der Waals surface area contributed by atoms with Crippen LogP contribution >= 0.6 is 35.7 Å². The molecule has 1 heterocycles. The molecule has 1 atom stereocenters. The number of rotatable bonds is 7. The maximum atomic E-state index is 12.0. The average molecular weight is 490 g/mol. The molecular weight excluding hydrogens is 459 g/mol. The predicted octanol–water partition coefficient (Wildman–Crippen LogP) is 1.73. The van der Waals surface area contributed by atoms with Crippen LogP contribution in [0.1, 0.15) is 32.6 Å². The van der Waals surface area contributed by atoms with Crippen LogP contribution in [0.15, 0.2) is 4.99 Å². The van der Waals surface area contributed by atoms with Gasteiger partial charge in [0.2, 0.25) is 10.0 Å². The van der Waals surface area contributed by atoms with Crippen LogP contribution in [-0.4, -0.2) is 69.3 Å². The fourth-order valence-electron chi connectivity index (χ4n) is 2.80. The van der Waals surface area contributed by atoms with Gasteiger partial charge in [0.05, 0.1) is 5.75 Å². The molecule has 0 amide bonds. The zero-order chi connectivity index (χ0) is 16.7. The van der Waals surface area contributed by atoms with Crippen molar-refractivity contribution in [2.75, 3.05) is 44.7 Å². The lowest BCUT2D eigenvalue weighted by Gasteiger charge is -2.34. The Labute approximate surface area is 168 Å². The van der Waals surface area contributed by atoms with Gasteiger partial charge in [0.15, 0.2) is 5.96 Å². The summed E-state index contributed by atoms with van der Waals surface area (Å²) in [6.07, 6.45) is 4.69. The second-order valence-electron chi connectivity index (χ2n) is 6.29. The molecule has 0 aromatic rings. The third-order valence-electron chi connectivity index (χ3n) is 4.58. The summed E-state index contributed by atoms with van der Waals surface area (Å²) in [7, 11) is -1.43. The van der Waals surface area contributed by atoms with Crippen molar-refractivity contribution in [2.45, 2.75) is 37.9 Å². The number of halogens is 1. The van der Waals surface area contributed by atoms with Gasteiger partial charge in [-0.15, -0.1) is 24.0 Å². The minimum atomic E-state index is -3.19. The molecule has 24 heavy (non-hydrogen) atoms. The fourth-order valence-corrected chi connectivity index (χ4v) is 4.99. The molecule has 2 fully saturated rings. The summed E-state index contributed by atoms with van der Waals surface area (Å²) >= 11 is 2.01. The van der Waals surface area contributed by atoms with Crippen molar-refractivity contribution in [3.05, 3.63) is 0 Å². The zero-order valence-corrected chi connectivity index (χ0v) is 18.6. The molecule has 0 aromatic carbocycles. The molecule has 142 valence electrons. The Hall–Kier alpha value is 0.260. The second kappa shape index (κ2) is 11.1. The molecule has 2 aliphatic rings. The monoisotopic (exact) mass is 490 g/mol. The summed E-state index contributed by atoms with van der Waals surface area (Å²) in [4.78, 5) is 6.54. The Morgan fingerprint density at radius 3 is 2.71 bits per heavy atom. The van der Waals surface area contributed by atoms with E-state index in [4.69, 9.17) is 0 Å². The smallest absolute Gasteiger partial charge is 0.213 e. The standard InChI is InChI=1S/C15H30N4O2S2.HI/c1-3-14-12-19(8-9-22-14)15(16-2)17-7-10-23(20,21)18-11-13-5-4-6-13;/h13-14,18H,3-12H2,1-2H3,(H,16,17);1H. The molecular formula is C15H31IN4O2S2. The fraction of sp³-hybridized carbons (Fsp3) is 0.933. The number of hydrogen-bond donors (Lipinski definition) is 2. The van der Waals surface area contributed by atoms with E-state index in [0.29, 0.717) is 24.3 Å². The summed E-state index contributed by atoms with van der Waals surface area (Å²) < 4.78 is 26.7. The van der Waals surface area contributed by atoms with Gasteiger partial charge in [0.1, 0.15) is 0 Å². The van der Waals surface area contributed by atoms with Crippen LogP contribution in [0.25, 0.3) is 0 Å². The number of aliphatic imine (C=N–C) groups is 1. The zero-order valence-electron chi connectivity index (χ0n) is 14.7. The third-order valence-corrected chi connectivity index (χ3v) is 7.30. The van der Waals surface area contributed by atoms with Gasteiger partial charge in [-0.2, -0.15) is 11.8 Å². The summed E-state index contributed by atoms with van der Waals surface area (Å²) in [5, 5.41) is 3.84. The van der Waals surface area contributed by atoms with Gasteiger partial charge in [-0.25, -0.2) is 13.1 Å². The lowest BCUT2D eigenvalue weighted by molar-refractivity contribution is 0.316. The van der Waals surface area contributed by atoms with Crippen molar-refractivity contribution < 1.29 is 8.42 Å². The van der Waals surface area contributed by atoms with E-state index >= 15 is 0 Å². The highest BCUT2D eigenvalue weighted by atomic mass is 127. The summed E-state index contributed by atoms with van der Waals surface area (Å²) in [6.45, 7) is 5.14. The molecule has 0 radical (unpaired) electrons. The normalized spacial score (nSPS) is 22.7. The minimum absolute atomic E-state index is 0. The Bertz CT molecular complexity index is 498. The van der Waals surface area contributed by atoms with Crippen LogP contribution in [0, 0.1) is 5.92 Å². The van der Waals surface area contributed by atoms with Crippen LogP contribution in [-0.2, 0) is 10.0 Å². The van der Waals surface area contributed by atoms with Crippen molar-refractivity contribution in [3.63, 3.8) is 0 Å². The van der Waals surface area contributed by atoms with E-state index < -0.39 is 10.0 Å². The molecule has 0 spiro atoms. The predicted molar refractivity (Wildman–Crippen MR) is 114 cm³/mol. The Morgan fingerprint density at radius 1 is 1.38 bits per heavy atom. The van der Waals surface area contributed by atoms with Gasteiger partial charge in [0, 0.05) is 44.2 Å². The largest absolute Gasteiger partial charge is 0.355 e. The van der Waals surface area contributed by atoms with Gasteiger partial charge >= 0.3 is 0 Å². The second-order valence-corrected chi connectivity index (χ2v) is 9.62. The van der Waals surface area contributed by atoms with Crippen molar-refractivity contribution >= 4 is 51.7 Å². The highest BCUT2D eigenvalue weighted by molar-refractivity contribution is 14.0. The van der Waals surface area contributed by atoms with Crippen molar-refractivity contribution in [1.82, 2.24) is 14.9 Å². The van der Waals surface area contributed by atoms with Gasteiger partial charge in [0.25, 0.3) is 0 Å². The molecule has 0 bridgehead atoms. The first-order chi connectivity index (χ1) is 11.0. The summed E-state index contributed by atoms with van der Waals surface area (Å²) in [5.41, 5.74) is 0. The minimum Gasteiger partial charge on any atom is -0.355 e. The topological polar surface area (TPSA) is 73.8 Å². The van der Waals surface area contributed by atoms with E-state index in [1.54, 1.807) is 7.05 Å². The maximum absolute atomic E-state index is 12.0. The summed E-state index contributed by atoms with van der Waals surface area (Å²) in [5.74, 6) is 2.55. The molecule has 6 nitrogen and oxygen atoms in total. The van der Waals surface area contributed by atoms with E-state index in [0.717, 1.165) is 44.1 Å². The molecule has 0 aromatic heterocycles. The number of thioether (sulfide) groups is 1. The molecule has 1 aliphatic carbocycles. The Balaban J connectivity index is 0.00000288. The third kappa shape index (κ3) is 7.25. The Morgan fingerprint density at radius 2 is 2.12 bits per heavy atom. The van der Waals surface area contributed by atoms with E-state index in [2.05, 4.69) is 26.9 Å². The number of guanidine groups is 1. The maximum Gasteiger partial charge on any atom is 0.213 e. The van der Waals surface area contributed by atoms with Crippen LogP contribution in [0.4, 0.5) is 0 Å². The lowest BCUT2D eigenvalue weighted by Crippen LogP contribution is -2.49. The summed E-state index contributed by atoms with van der Waals surface area (Å²) in [6, 6.07) is 0. The molecule has 1 saturated carbocycles. The number of sulfonamides is 1. The van der Waals surface area contributed by atoms with Crippen molar-refractivity contribution in [1.29, 1.82) is 0 Å². The van der Waals surface area contributed by atoms with Crippen LogP contribution in [0.2, 0.25) is 0 Å². The van der Waals surface area contributed by atoms with Gasteiger partial charge in [-0.3, -0.25) is 4.99 Å². The molecule has 1 saturated heterocycles. The highest BCUT2D eigenvalue weighted by Crippen LogP contribution is 2.25. The van der Waals surface area contributed by atoms with E-state index in [-0.39, 0.29) is 29.7 Å². The van der Waals surface area contributed by atoms with Gasteiger partial charge in [-0.1, -0.05) is 13.3 Å². The number of nitrogens with one attached hydrogen (secondary N) is 2. The molecule has 9 heteroatoms. The van der Waals surface area contributed by atoms with Crippen molar-refractivity contribution in [2.24, 2.45) is 10.9 Å². The van der Waals surface area contributed by atoms with E-state index in [1.807, 2.05) is 11.8 Å². The van der Waals surface area contributed by atoms with Crippen LogP contribution < -0.4 is 10.0 Å². The molecule has 2 N–H and O–H groups in total. The van der Waals surface area contributed by atoms with Crippen molar-refractivity contribution in [3.8, 4) is 0 Å². The first kappa shape index (κ1) is 22.3. The molecule has 1 aliphatic heterocycles. The molecule has 1 unspecified atom stereocenters. The van der Waals surface area contributed by atoms with Crippen LogP contribution in [0.5, 0.6) is 0 Å². The SMILES string of the molecule is CCC1CN(C(=NC)NCCS(=O)(=O)NCC2CCC2)CCS1.I. The van der Waals surface area contributed by atoms with Gasteiger partial charge in [-0.05, 0) is 25.2 Å². The van der Waals surface area contributed by atoms with E-state index in [1.165, 1.54) is 6.42 Å². The van der Waals surface area contributed by atoms with Crippen LogP contribution in [0.3, 0.4) is 0 Å². The lowest BCUT2D eigenvalue weighted by atomic mass is 9.86. The number of hydrogen-bond acceptors (Lipinski definition) is 4. The van der Waals surface area contributed by atoms with Gasteiger partial charge < -0.3 is 10.2 Å².